The van der Waals surface area contributed by atoms with Gasteiger partial charge < -0.3 is 4.74 Å². The van der Waals surface area contributed by atoms with E-state index in [-0.39, 0.29) is 0 Å². The summed E-state index contributed by atoms with van der Waals surface area (Å²) in [5.74, 6) is 2.51. The molecule has 0 amide bonds. The molecule has 0 radical (unpaired) electrons. The second-order valence-electron chi connectivity index (χ2n) is 14.9. The Bertz CT molecular complexity index is 3120. The Morgan fingerprint density at radius 3 is 1.74 bits per heavy atom. The zero-order chi connectivity index (χ0) is 37.5. The summed E-state index contributed by atoms with van der Waals surface area (Å²) in [7, 11) is 0. The van der Waals surface area contributed by atoms with E-state index in [0.29, 0.717) is 5.82 Å². The van der Waals surface area contributed by atoms with Crippen LogP contribution in [0.25, 0.3) is 76.3 Å². The minimum atomic E-state index is -0.545. The summed E-state index contributed by atoms with van der Waals surface area (Å²) in [6.07, 6.45) is 0. The molecular formula is C53H32N2OS. The maximum atomic E-state index is 6.65. The fourth-order valence-corrected chi connectivity index (χ4v) is 10.4. The number of hydrogen-bond acceptors (Lipinski definition) is 4. The van der Waals surface area contributed by atoms with E-state index >= 15 is 0 Å². The second-order valence-corrected chi connectivity index (χ2v) is 16.0. The number of hydrogen-bond donors (Lipinski definition) is 0. The normalized spacial score (nSPS) is 13.2. The molecule has 0 saturated heterocycles. The van der Waals surface area contributed by atoms with E-state index in [0.717, 1.165) is 50.7 Å². The Hall–Kier alpha value is -7.14. The van der Waals surface area contributed by atoms with Gasteiger partial charge in [0.05, 0.1) is 16.8 Å². The molecule has 12 rings (SSSR count). The highest BCUT2D eigenvalue weighted by atomic mass is 32.1. The van der Waals surface area contributed by atoms with Crippen LogP contribution in [0.4, 0.5) is 0 Å². The molecule has 0 saturated carbocycles. The van der Waals surface area contributed by atoms with Crippen LogP contribution in [0.1, 0.15) is 22.3 Å². The first-order valence-corrected chi connectivity index (χ1v) is 20.1. The van der Waals surface area contributed by atoms with Crippen LogP contribution in [-0.4, -0.2) is 9.97 Å². The molecule has 3 heterocycles. The first kappa shape index (κ1) is 32.1. The van der Waals surface area contributed by atoms with E-state index < -0.39 is 5.41 Å². The summed E-state index contributed by atoms with van der Waals surface area (Å²) in [5, 5.41) is 2.60. The lowest BCUT2D eigenvalue weighted by molar-refractivity contribution is 0.436. The molecule has 1 aliphatic carbocycles. The Kier molecular flexibility index (Phi) is 7.01. The highest BCUT2D eigenvalue weighted by Crippen LogP contribution is 2.63. The predicted molar refractivity (Wildman–Crippen MR) is 234 cm³/mol. The maximum absolute atomic E-state index is 6.65. The topological polar surface area (TPSA) is 35.0 Å². The van der Waals surface area contributed by atoms with Crippen LogP contribution in [-0.2, 0) is 5.41 Å². The van der Waals surface area contributed by atoms with Crippen LogP contribution < -0.4 is 4.74 Å². The molecule has 1 aliphatic heterocycles. The van der Waals surface area contributed by atoms with Gasteiger partial charge in [0.15, 0.2) is 5.82 Å². The van der Waals surface area contributed by atoms with Crippen LogP contribution in [0.2, 0.25) is 0 Å². The molecule has 0 fully saturated rings. The number of ether oxygens (including phenoxy) is 1. The summed E-state index contributed by atoms with van der Waals surface area (Å²) in [6.45, 7) is 0. The Morgan fingerprint density at radius 2 is 0.965 bits per heavy atom. The van der Waals surface area contributed by atoms with Crippen LogP contribution in [0, 0.1) is 0 Å². The van der Waals surface area contributed by atoms with Crippen LogP contribution in [0.15, 0.2) is 194 Å². The summed E-state index contributed by atoms with van der Waals surface area (Å²) in [6, 6.07) is 69.5. The minimum Gasteiger partial charge on any atom is -0.457 e. The van der Waals surface area contributed by atoms with E-state index in [1.807, 2.05) is 35.6 Å². The van der Waals surface area contributed by atoms with E-state index in [2.05, 4.69) is 170 Å². The molecule has 0 unspecified atom stereocenters. The van der Waals surface area contributed by atoms with Crippen molar-refractivity contribution in [2.45, 2.75) is 5.41 Å². The van der Waals surface area contributed by atoms with Gasteiger partial charge in [-0.15, -0.1) is 11.3 Å². The third-order valence-corrected chi connectivity index (χ3v) is 12.9. The van der Waals surface area contributed by atoms with Crippen LogP contribution >= 0.6 is 11.3 Å². The number of benzene rings is 8. The van der Waals surface area contributed by atoms with Gasteiger partial charge in [-0.25, -0.2) is 9.97 Å². The molecule has 8 aromatic carbocycles. The van der Waals surface area contributed by atoms with E-state index in [1.54, 1.807) is 0 Å². The fraction of sp³-hybridized carbons (Fsp3) is 0.0189. The van der Waals surface area contributed by atoms with Crippen molar-refractivity contribution >= 4 is 31.5 Å². The third-order valence-electron chi connectivity index (χ3n) is 11.8. The molecule has 2 aliphatic rings. The number of nitrogens with zero attached hydrogens (tertiary/aromatic N) is 2. The van der Waals surface area contributed by atoms with Gasteiger partial charge in [-0.1, -0.05) is 146 Å². The van der Waals surface area contributed by atoms with Gasteiger partial charge in [0, 0.05) is 48.0 Å². The van der Waals surface area contributed by atoms with E-state index in [9.17, 15) is 0 Å². The van der Waals surface area contributed by atoms with Crippen LogP contribution in [0.5, 0.6) is 11.5 Å². The molecule has 57 heavy (non-hydrogen) atoms. The molecule has 1 spiro atoms. The van der Waals surface area contributed by atoms with Gasteiger partial charge in [-0.05, 0) is 81.9 Å². The lowest BCUT2D eigenvalue weighted by Crippen LogP contribution is -2.32. The van der Waals surface area contributed by atoms with Crippen molar-refractivity contribution in [2.24, 2.45) is 0 Å². The molecule has 0 atom stereocenters. The minimum absolute atomic E-state index is 0.545. The van der Waals surface area contributed by atoms with Gasteiger partial charge in [0.25, 0.3) is 0 Å². The Morgan fingerprint density at radius 1 is 0.368 bits per heavy atom. The number of rotatable bonds is 4. The zero-order valence-electron chi connectivity index (χ0n) is 30.7. The average Bonchev–Trinajstić information content (AvgIpc) is 3.79. The lowest BCUT2D eigenvalue weighted by Gasteiger charge is -2.39. The lowest BCUT2D eigenvalue weighted by atomic mass is 9.66. The highest BCUT2D eigenvalue weighted by molar-refractivity contribution is 7.25. The van der Waals surface area contributed by atoms with Crippen molar-refractivity contribution in [2.75, 3.05) is 0 Å². The van der Waals surface area contributed by atoms with Gasteiger partial charge in [-0.3, -0.25) is 0 Å². The smallest absolute Gasteiger partial charge is 0.160 e. The van der Waals surface area contributed by atoms with Crippen molar-refractivity contribution < 1.29 is 4.74 Å². The number of para-hydroxylation sites is 2. The highest BCUT2D eigenvalue weighted by Gasteiger charge is 2.51. The molecule has 0 N–H and O–H groups in total. The molecule has 4 heteroatoms. The fourth-order valence-electron chi connectivity index (χ4n) is 9.22. The second kappa shape index (κ2) is 12.4. The van der Waals surface area contributed by atoms with Gasteiger partial charge in [0.2, 0.25) is 0 Å². The summed E-state index contributed by atoms with van der Waals surface area (Å²) >= 11 is 1.87. The SMILES string of the molecule is c1ccc(-c2cc(-c3cccc(-c4ccc5c(c4)-c4cc6sc7ccccc7c6cc4C54c5ccccc5Oc5ccccc54)c3)nc(-c3ccccc3)n2)cc1. The largest absolute Gasteiger partial charge is 0.457 e. The zero-order valence-corrected chi connectivity index (χ0v) is 31.5. The molecule has 10 aromatic rings. The molecular weight excluding hydrogens is 713 g/mol. The quantitative estimate of drug-likeness (QED) is 0.180. The number of thiophene rings is 1. The average molecular weight is 745 g/mol. The van der Waals surface area contributed by atoms with Gasteiger partial charge in [0.1, 0.15) is 11.5 Å². The summed E-state index contributed by atoms with van der Waals surface area (Å²) in [5.41, 5.74) is 14.1. The Labute approximate surface area is 334 Å². The van der Waals surface area contributed by atoms with Gasteiger partial charge in [-0.2, -0.15) is 0 Å². The number of fused-ring (bicyclic) bond motifs is 12. The standard InChI is InChI=1S/C53H32N2OS/c1-3-14-33(15-4-1)46-32-47(55-52(54-46)34-16-5-2-6-17-34)37-19-13-18-35(28-37)36-26-27-42-39(29-36)40-31-51-41(38-20-7-12-25-50(38)57-51)30-45(40)53(42)43-21-8-10-23-48(43)56-49-24-11-9-22-44(49)53/h1-32H. The molecule has 0 bridgehead atoms. The first-order chi connectivity index (χ1) is 28.2. The van der Waals surface area contributed by atoms with Crippen molar-refractivity contribution in [3.8, 4) is 67.7 Å². The van der Waals surface area contributed by atoms with E-state index in [1.165, 1.54) is 53.6 Å². The summed E-state index contributed by atoms with van der Waals surface area (Å²) in [4.78, 5) is 10.2. The van der Waals surface area contributed by atoms with Crippen LogP contribution in [0.3, 0.4) is 0 Å². The monoisotopic (exact) mass is 744 g/mol. The van der Waals surface area contributed by atoms with Gasteiger partial charge >= 0.3 is 0 Å². The Balaban J connectivity index is 1.07. The first-order valence-electron chi connectivity index (χ1n) is 19.3. The van der Waals surface area contributed by atoms with Crippen molar-refractivity contribution in [3.05, 3.63) is 216 Å². The number of aromatic nitrogens is 2. The van der Waals surface area contributed by atoms with Crippen molar-refractivity contribution in [1.29, 1.82) is 0 Å². The predicted octanol–water partition coefficient (Wildman–Crippen LogP) is 14.0. The van der Waals surface area contributed by atoms with Crippen molar-refractivity contribution in [1.82, 2.24) is 9.97 Å². The molecule has 2 aromatic heterocycles. The van der Waals surface area contributed by atoms with E-state index in [4.69, 9.17) is 14.7 Å². The molecule has 3 nitrogen and oxygen atoms in total. The maximum Gasteiger partial charge on any atom is 0.160 e. The third kappa shape index (κ3) is 4.84. The van der Waals surface area contributed by atoms with Crippen molar-refractivity contribution in [3.63, 3.8) is 0 Å². The molecule has 266 valence electrons. The summed E-state index contributed by atoms with van der Waals surface area (Å²) < 4.78 is 9.25.